The zero-order valence-corrected chi connectivity index (χ0v) is 20.2. The van der Waals surface area contributed by atoms with Crippen molar-refractivity contribution in [1.29, 1.82) is 0 Å². The Balaban J connectivity index is 1.72. The molecule has 3 aromatic rings. The second-order valence-corrected chi connectivity index (χ2v) is 9.03. The number of hydrogen-bond donors (Lipinski definition) is 1. The number of unbranched alkanes of at least 4 members (excludes halogenated alkanes) is 4. The summed E-state index contributed by atoms with van der Waals surface area (Å²) < 4.78 is 14.9. The summed E-state index contributed by atoms with van der Waals surface area (Å²) >= 11 is 1.34. The van der Waals surface area contributed by atoms with Crippen LogP contribution >= 0.6 is 11.8 Å². The summed E-state index contributed by atoms with van der Waals surface area (Å²) in [4.78, 5) is 37.6. The summed E-state index contributed by atoms with van der Waals surface area (Å²) in [6.45, 7) is 2.86. The first kappa shape index (κ1) is 25.6. The average molecular weight is 484 g/mol. The van der Waals surface area contributed by atoms with E-state index >= 15 is 0 Å². The maximum Gasteiger partial charge on any atom is 0.277 e. The van der Waals surface area contributed by atoms with Crippen molar-refractivity contribution in [3.05, 3.63) is 82.0 Å². The van der Waals surface area contributed by atoms with E-state index in [4.69, 9.17) is 0 Å². The second kappa shape index (κ2) is 13.6. The Kier molecular flexibility index (Phi) is 10.2. The lowest BCUT2D eigenvalue weighted by atomic mass is 10.1. The number of halogens is 1. The van der Waals surface area contributed by atoms with E-state index < -0.39 is 0 Å². The third kappa shape index (κ3) is 8.37. The molecule has 0 aliphatic heterocycles. The van der Waals surface area contributed by atoms with E-state index in [0.29, 0.717) is 29.4 Å². The number of aromatic nitrogens is 4. The highest BCUT2D eigenvalue weighted by molar-refractivity contribution is 7.98. The van der Waals surface area contributed by atoms with E-state index in [9.17, 15) is 14.0 Å². The molecule has 2 aromatic heterocycles. The van der Waals surface area contributed by atoms with Gasteiger partial charge in [-0.25, -0.2) is 14.4 Å². The maximum atomic E-state index is 13.2. The Morgan fingerprint density at radius 1 is 1.06 bits per heavy atom. The molecular formula is C25H30FN5O2S. The Morgan fingerprint density at radius 2 is 1.79 bits per heavy atom. The molecule has 1 amide bonds. The highest BCUT2D eigenvalue weighted by Gasteiger charge is 2.13. The van der Waals surface area contributed by atoms with Gasteiger partial charge in [-0.2, -0.15) is 4.98 Å². The minimum atomic E-state index is -0.349. The van der Waals surface area contributed by atoms with Crippen molar-refractivity contribution in [3.8, 4) is 0 Å². The molecule has 2 heterocycles. The van der Waals surface area contributed by atoms with Crippen LogP contribution in [0.5, 0.6) is 0 Å². The van der Waals surface area contributed by atoms with Gasteiger partial charge in [-0.05, 0) is 29.7 Å². The highest BCUT2D eigenvalue weighted by atomic mass is 32.2. The molecule has 0 unspecified atom stereocenters. The van der Waals surface area contributed by atoms with E-state index in [1.807, 2.05) is 0 Å². The van der Waals surface area contributed by atoms with E-state index in [-0.39, 0.29) is 23.8 Å². The van der Waals surface area contributed by atoms with Crippen LogP contribution in [-0.2, 0) is 23.5 Å². The molecule has 0 saturated carbocycles. The highest BCUT2D eigenvalue weighted by Crippen LogP contribution is 2.21. The van der Waals surface area contributed by atoms with Gasteiger partial charge in [0, 0.05) is 42.9 Å². The number of nitrogens with zero attached hydrogens (tertiary/aromatic N) is 4. The van der Waals surface area contributed by atoms with Gasteiger partial charge in [-0.3, -0.25) is 9.59 Å². The molecular weight excluding hydrogens is 453 g/mol. The molecule has 34 heavy (non-hydrogen) atoms. The van der Waals surface area contributed by atoms with Gasteiger partial charge in [0.1, 0.15) is 18.7 Å². The number of carbonyl (C=O) groups excluding carboxylic acids is 1. The van der Waals surface area contributed by atoms with Crippen LogP contribution in [0.15, 0.2) is 59.1 Å². The van der Waals surface area contributed by atoms with Crippen molar-refractivity contribution in [1.82, 2.24) is 24.8 Å². The van der Waals surface area contributed by atoms with Gasteiger partial charge in [-0.15, -0.1) is 0 Å². The summed E-state index contributed by atoms with van der Waals surface area (Å²) in [5, 5.41) is 3.41. The minimum absolute atomic E-state index is 0.0618. The quantitative estimate of drug-likeness (QED) is 0.223. The van der Waals surface area contributed by atoms with Crippen LogP contribution in [0.4, 0.5) is 4.39 Å². The fourth-order valence-corrected chi connectivity index (χ4v) is 4.33. The lowest BCUT2D eigenvalue weighted by Gasteiger charge is -2.14. The summed E-state index contributed by atoms with van der Waals surface area (Å²) in [5.41, 5.74) is 1.80. The van der Waals surface area contributed by atoms with Crippen molar-refractivity contribution in [2.45, 2.75) is 62.9 Å². The first-order chi connectivity index (χ1) is 16.5. The Bertz CT molecular complexity index is 1110. The first-order valence-corrected chi connectivity index (χ1v) is 12.5. The Labute approximate surface area is 203 Å². The fourth-order valence-electron chi connectivity index (χ4n) is 3.41. The van der Waals surface area contributed by atoms with Crippen LogP contribution in [-0.4, -0.2) is 32.0 Å². The molecule has 0 atom stereocenters. The van der Waals surface area contributed by atoms with Crippen LogP contribution < -0.4 is 10.9 Å². The first-order valence-electron chi connectivity index (χ1n) is 11.5. The van der Waals surface area contributed by atoms with Crippen LogP contribution in [0.3, 0.4) is 0 Å². The molecule has 0 aliphatic carbocycles. The van der Waals surface area contributed by atoms with Crippen molar-refractivity contribution in [2.24, 2.45) is 0 Å². The van der Waals surface area contributed by atoms with Crippen molar-refractivity contribution in [2.75, 3.05) is 6.54 Å². The summed E-state index contributed by atoms with van der Waals surface area (Å²) in [7, 11) is 0. The largest absolute Gasteiger partial charge is 0.355 e. The van der Waals surface area contributed by atoms with Crippen molar-refractivity contribution >= 4 is 17.7 Å². The monoisotopic (exact) mass is 483 g/mol. The van der Waals surface area contributed by atoms with Crippen LogP contribution in [0.2, 0.25) is 0 Å². The van der Waals surface area contributed by atoms with Crippen LogP contribution in [0, 0.1) is 5.82 Å². The van der Waals surface area contributed by atoms with E-state index in [1.165, 1.54) is 49.5 Å². The van der Waals surface area contributed by atoms with Crippen molar-refractivity contribution < 1.29 is 9.18 Å². The van der Waals surface area contributed by atoms with Gasteiger partial charge in [0.25, 0.3) is 5.56 Å². The Hall–Kier alpha value is -3.07. The SMILES string of the molecule is CCCCCCCNC(=O)Cn1cc(Cc2cncnc2)c(=O)nc1SCc1ccc(F)cc1. The predicted molar refractivity (Wildman–Crippen MR) is 131 cm³/mol. The molecule has 0 saturated heterocycles. The van der Waals surface area contributed by atoms with Gasteiger partial charge in [-0.1, -0.05) is 56.5 Å². The Morgan fingerprint density at radius 3 is 2.53 bits per heavy atom. The predicted octanol–water partition coefficient (Wildman–Crippen LogP) is 4.14. The number of nitrogens with one attached hydrogen (secondary N) is 1. The van der Waals surface area contributed by atoms with Crippen molar-refractivity contribution in [3.63, 3.8) is 0 Å². The molecule has 7 nitrogen and oxygen atoms in total. The topological polar surface area (TPSA) is 89.8 Å². The van der Waals surface area contributed by atoms with Crippen LogP contribution in [0.1, 0.15) is 55.7 Å². The molecule has 0 fully saturated rings. The van der Waals surface area contributed by atoms with Gasteiger partial charge in [0.15, 0.2) is 5.16 Å². The molecule has 0 radical (unpaired) electrons. The molecule has 3 rings (SSSR count). The molecule has 1 aromatic carbocycles. The average Bonchev–Trinajstić information content (AvgIpc) is 2.84. The molecule has 0 spiro atoms. The summed E-state index contributed by atoms with van der Waals surface area (Å²) in [6.07, 6.45) is 12.4. The summed E-state index contributed by atoms with van der Waals surface area (Å²) in [6, 6.07) is 6.18. The van der Waals surface area contributed by atoms with Gasteiger partial charge in [0.05, 0.1) is 0 Å². The number of rotatable bonds is 13. The molecule has 0 aliphatic rings. The lowest BCUT2D eigenvalue weighted by Crippen LogP contribution is -2.30. The number of thioether (sulfide) groups is 1. The zero-order chi connectivity index (χ0) is 24.2. The number of carbonyl (C=O) groups is 1. The second-order valence-electron chi connectivity index (χ2n) is 8.08. The van der Waals surface area contributed by atoms with Gasteiger partial charge >= 0.3 is 0 Å². The summed E-state index contributed by atoms with van der Waals surface area (Å²) in [5.74, 6) is 0.0698. The molecule has 0 bridgehead atoms. The standard InChI is InChI=1S/C25H30FN5O2S/c1-2-3-4-5-6-11-29-23(32)16-31-15-21(12-20-13-27-18-28-14-20)24(33)30-25(31)34-17-19-7-9-22(26)10-8-19/h7-10,13-15,18H,2-6,11-12,16-17H2,1H3,(H,29,32). The van der Waals surface area contributed by atoms with Crippen LogP contribution in [0.25, 0.3) is 0 Å². The van der Waals surface area contributed by atoms with E-state index in [2.05, 4.69) is 27.2 Å². The smallest absolute Gasteiger partial charge is 0.277 e. The number of amides is 1. The number of hydrogen-bond acceptors (Lipinski definition) is 6. The molecule has 1 N–H and O–H groups in total. The lowest BCUT2D eigenvalue weighted by molar-refractivity contribution is -0.121. The van der Waals surface area contributed by atoms with E-state index in [0.717, 1.165) is 24.0 Å². The third-order valence-electron chi connectivity index (χ3n) is 5.24. The van der Waals surface area contributed by atoms with Gasteiger partial charge in [0.2, 0.25) is 5.91 Å². The minimum Gasteiger partial charge on any atom is -0.355 e. The molecule has 180 valence electrons. The van der Waals surface area contributed by atoms with E-state index in [1.54, 1.807) is 35.3 Å². The fraction of sp³-hybridized carbons (Fsp3) is 0.400. The number of benzene rings is 1. The zero-order valence-electron chi connectivity index (χ0n) is 19.4. The third-order valence-corrected chi connectivity index (χ3v) is 6.30. The normalized spacial score (nSPS) is 10.9. The van der Waals surface area contributed by atoms with Gasteiger partial charge < -0.3 is 9.88 Å². The maximum absolute atomic E-state index is 13.2. The molecule has 9 heteroatoms.